The van der Waals surface area contributed by atoms with E-state index >= 15 is 0 Å². The van der Waals surface area contributed by atoms with Crippen molar-refractivity contribution >= 4 is 18.3 Å². The second kappa shape index (κ2) is 7.88. The van der Waals surface area contributed by atoms with E-state index in [1.165, 1.54) is 25.1 Å². The van der Waals surface area contributed by atoms with Crippen molar-refractivity contribution in [3.63, 3.8) is 0 Å². The van der Waals surface area contributed by atoms with Gasteiger partial charge in [-0.25, -0.2) is 0 Å². The van der Waals surface area contributed by atoms with Gasteiger partial charge in [-0.05, 0) is 26.0 Å². The van der Waals surface area contributed by atoms with E-state index in [-0.39, 0.29) is 30.1 Å². The first kappa shape index (κ1) is 19.6. The van der Waals surface area contributed by atoms with Gasteiger partial charge in [0.2, 0.25) is 0 Å². The Hall–Kier alpha value is -1.47. The third kappa shape index (κ3) is 4.75. The Kier molecular flexibility index (Phi) is 6.70. The smallest absolute Gasteiger partial charge is 0.419 e. The standard InChI is InChI=1S/C15H19F3N2O2.ClH/c1-10-9-19-7-8-20(10)14(21)11(2)22-13-6-4-3-5-12(13)15(16,17)18;/h3-6,10-11,19H,7-9H2,1-2H3;1H. The van der Waals surface area contributed by atoms with E-state index in [0.29, 0.717) is 19.6 Å². The Morgan fingerprint density at radius 3 is 2.65 bits per heavy atom. The Bertz CT molecular complexity index is 540. The van der Waals surface area contributed by atoms with Crippen LogP contribution >= 0.6 is 12.4 Å². The van der Waals surface area contributed by atoms with Crippen molar-refractivity contribution in [2.45, 2.75) is 32.2 Å². The van der Waals surface area contributed by atoms with E-state index in [2.05, 4.69) is 5.32 Å². The second-order valence-corrected chi connectivity index (χ2v) is 5.34. The molecule has 0 aromatic heterocycles. The van der Waals surface area contributed by atoms with Gasteiger partial charge in [0.05, 0.1) is 5.56 Å². The molecule has 1 N–H and O–H groups in total. The molecule has 4 nitrogen and oxygen atoms in total. The number of carbonyl (C=O) groups is 1. The summed E-state index contributed by atoms with van der Waals surface area (Å²) < 4.78 is 44.1. The van der Waals surface area contributed by atoms with Gasteiger partial charge in [0.25, 0.3) is 5.91 Å². The maximum absolute atomic E-state index is 12.9. The monoisotopic (exact) mass is 352 g/mol. The lowest BCUT2D eigenvalue weighted by Crippen LogP contribution is -2.55. The van der Waals surface area contributed by atoms with Crippen LogP contribution in [0.5, 0.6) is 5.75 Å². The Morgan fingerprint density at radius 1 is 1.39 bits per heavy atom. The number of para-hydroxylation sites is 1. The fourth-order valence-corrected chi connectivity index (χ4v) is 2.45. The fourth-order valence-electron chi connectivity index (χ4n) is 2.45. The van der Waals surface area contributed by atoms with Crippen LogP contribution < -0.4 is 10.1 Å². The van der Waals surface area contributed by atoms with Crippen LogP contribution in [0.2, 0.25) is 0 Å². The van der Waals surface area contributed by atoms with Crippen LogP contribution in [0.25, 0.3) is 0 Å². The van der Waals surface area contributed by atoms with E-state index in [1.807, 2.05) is 6.92 Å². The normalized spacial score (nSPS) is 19.7. The zero-order valence-electron chi connectivity index (χ0n) is 12.9. The molecule has 1 aromatic rings. The van der Waals surface area contributed by atoms with E-state index in [1.54, 1.807) is 4.90 Å². The molecule has 0 spiro atoms. The number of alkyl halides is 3. The highest BCUT2D eigenvalue weighted by Gasteiger charge is 2.35. The first-order valence-electron chi connectivity index (χ1n) is 7.15. The maximum Gasteiger partial charge on any atom is 0.419 e. The molecule has 0 saturated carbocycles. The molecule has 0 bridgehead atoms. The molecule has 8 heteroatoms. The molecule has 1 aliphatic rings. The SMILES string of the molecule is CC(Oc1ccccc1C(F)(F)F)C(=O)N1CCNCC1C.Cl. The molecular weight excluding hydrogens is 333 g/mol. The quantitative estimate of drug-likeness (QED) is 0.909. The summed E-state index contributed by atoms with van der Waals surface area (Å²) in [4.78, 5) is 14.0. The Labute approximate surface area is 139 Å². The number of hydrogen-bond acceptors (Lipinski definition) is 3. The molecule has 1 aliphatic heterocycles. The largest absolute Gasteiger partial charge is 0.480 e. The third-order valence-electron chi connectivity index (χ3n) is 3.63. The number of nitrogens with zero attached hydrogens (tertiary/aromatic N) is 1. The minimum atomic E-state index is -4.51. The second-order valence-electron chi connectivity index (χ2n) is 5.34. The number of benzene rings is 1. The number of carbonyl (C=O) groups excluding carboxylic acids is 1. The number of nitrogens with one attached hydrogen (secondary N) is 1. The van der Waals surface area contributed by atoms with Gasteiger partial charge < -0.3 is 15.0 Å². The number of amides is 1. The van der Waals surface area contributed by atoms with Gasteiger partial charge >= 0.3 is 6.18 Å². The number of hydrogen-bond donors (Lipinski definition) is 1. The minimum Gasteiger partial charge on any atom is -0.480 e. The molecule has 1 aromatic carbocycles. The summed E-state index contributed by atoms with van der Waals surface area (Å²) in [6, 6.07) is 4.91. The van der Waals surface area contributed by atoms with Gasteiger partial charge in [0.1, 0.15) is 5.75 Å². The number of piperazine rings is 1. The highest BCUT2D eigenvalue weighted by molar-refractivity contribution is 5.85. The molecule has 2 rings (SSSR count). The molecule has 2 unspecified atom stereocenters. The van der Waals surface area contributed by atoms with Crippen molar-refractivity contribution in [2.75, 3.05) is 19.6 Å². The first-order valence-corrected chi connectivity index (χ1v) is 7.15. The van der Waals surface area contributed by atoms with Crippen LogP contribution in [0.1, 0.15) is 19.4 Å². The molecule has 1 amide bonds. The predicted molar refractivity (Wildman–Crippen MR) is 82.8 cm³/mol. The summed E-state index contributed by atoms with van der Waals surface area (Å²) >= 11 is 0. The summed E-state index contributed by atoms with van der Waals surface area (Å²) in [5.74, 6) is -0.621. The Balaban J connectivity index is 0.00000264. The van der Waals surface area contributed by atoms with E-state index in [4.69, 9.17) is 4.74 Å². The fraction of sp³-hybridized carbons (Fsp3) is 0.533. The zero-order chi connectivity index (χ0) is 16.3. The average Bonchev–Trinajstić information content (AvgIpc) is 2.46. The van der Waals surface area contributed by atoms with Crippen molar-refractivity contribution < 1.29 is 22.7 Å². The number of rotatable bonds is 3. The van der Waals surface area contributed by atoms with Crippen molar-refractivity contribution in [3.8, 4) is 5.75 Å². The van der Waals surface area contributed by atoms with Crippen molar-refractivity contribution in [1.82, 2.24) is 10.2 Å². The summed E-state index contributed by atoms with van der Waals surface area (Å²) in [5, 5.41) is 3.15. The molecule has 0 radical (unpaired) electrons. The van der Waals surface area contributed by atoms with Crippen LogP contribution in [0, 0.1) is 0 Å². The molecule has 23 heavy (non-hydrogen) atoms. The van der Waals surface area contributed by atoms with Gasteiger partial charge in [-0.3, -0.25) is 4.79 Å². The summed E-state index contributed by atoms with van der Waals surface area (Å²) in [6.07, 6.45) is -5.48. The molecule has 0 aliphatic carbocycles. The lowest BCUT2D eigenvalue weighted by atomic mass is 10.1. The lowest BCUT2D eigenvalue weighted by Gasteiger charge is -2.35. The number of ether oxygens (including phenoxy) is 1. The zero-order valence-corrected chi connectivity index (χ0v) is 13.7. The van der Waals surface area contributed by atoms with Crippen molar-refractivity contribution in [1.29, 1.82) is 0 Å². The summed E-state index contributed by atoms with van der Waals surface area (Å²) in [7, 11) is 0. The topological polar surface area (TPSA) is 41.6 Å². The molecule has 130 valence electrons. The van der Waals surface area contributed by atoms with Crippen molar-refractivity contribution in [3.05, 3.63) is 29.8 Å². The maximum atomic E-state index is 12.9. The van der Waals surface area contributed by atoms with Crippen LogP contribution in [-0.4, -0.2) is 42.6 Å². The number of halogens is 4. The highest BCUT2D eigenvalue weighted by atomic mass is 35.5. The lowest BCUT2D eigenvalue weighted by molar-refractivity contribution is -0.145. The van der Waals surface area contributed by atoms with Crippen LogP contribution in [0.4, 0.5) is 13.2 Å². The van der Waals surface area contributed by atoms with E-state index in [9.17, 15) is 18.0 Å². The van der Waals surface area contributed by atoms with Crippen LogP contribution in [-0.2, 0) is 11.0 Å². The third-order valence-corrected chi connectivity index (χ3v) is 3.63. The van der Waals surface area contributed by atoms with Crippen LogP contribution in [0.3, 0.4) is 0 Å². The van der Waals surface area contributed by atoms with Gasteiger partial charge in [0.15, 0.2) is 6.10 Å². The summed E-state index contributed by atoms with van der Waals surface area (Å²) in [6.45, 7) is 5.22. The molecule has 1 saturated heterocycles. The van der Waals surface area contributed by atoms with Gasteiger partial charge in [-0.2, -0.15) is 13.2 Å². The first-order chi connectivity index (χ1) is 10.3. The Morgan fingerprint density at radius 2 is 2.04 bits per heavy atom. The van der Waals surface area contributed by atoms with Crippen molar-refractivity contribution in [2.24, 2.45) is 0 Å². The van der Waals surface area contributed by atoms with Gasteiger partial charge in [0, 0.05) is 25.7 Å². The molecule has 1 fully saturated rings. The molecular formula is C15H20ClF3N2O2. The summed E-state index contributed by atoms with van der Waals surface area (Å²) in [5.41, 5.74) is -0.872. The van der Waals surface area contributed by atoms with Crippen LogP contribution in [0.15, 0.2) is 24.3 Å². The highest BCUT2D eigenvalue weighted by Crippen LogP contribution is 2.36. The molecule has 1 heterocycles. The van der Waals surface area contributed by atoms with E-state index < -0.39 is 17.8 Å². The van der Waals surface area contributed by atoms with Gasteiger partial charge in [-0.1, -0.05) is 12.1 Å². The predicted octanol–water partition coefficient (Wildman–Crippen LogP) is 2.71. The van der Waals surface area contributed by atoms with E-state index in [0.717, 1.165) is 6.07 Å². The average molecular weight is 353 g/mol. The molecule has 2 atom stereocenters. The minimum absolute atomic E-state index is 0. The van der Waals surface area contributed by atoms with Gasteiger partial charge in [-0.15, -0.1) is 12.4 Å².